The van der Waals surface area contributed by atoms with Gasteiger partial charge in [-0.05, 0) is 47.5 Å². The number of hydrogen-bond donors (Lipinski definition) is 1. The van der Waals surface area contributed by atoms with Gasteiger partial charge < -0.3 is 19.5 Å². The number of nitrogens with zero attached hydrogens (tertiary/aromatic N) is 1. The number of ether oxygens (including phenoxy) is 3. The molecular weight excluding hydrogens is 476 g/mol. The smallest absolute Gasteiger partial charge is 0.417 e. The highest BCUT2D eigenvalue weighted by atomic mass is 32.1. The van der Waals surface area contributed by atoms with Crippen LogP contribution in [-0.2, 0) is 33.7 Å². The molecule has 2 heterocycles. The van der Waals surface area contributed by atoms with E-state index in [9.17, 15) is 9.59 Å². The molecule has 0 radical (unpaired) electrons. The number of amides is 2. The van der Waals surface area contributed by atoms with Gasteiger partial charge in [0.25, 0.3) is 11.1 Å². The van der Waals surface area contributed by atoms with Crippen LogP contribution in [0.15, 0.2) is 84.9 Å². The van der Waals surface area contributed by atoms with Crippen molar-refractivity contribution in [2.24, 2.45) is 0 Å². The molecule has 2 aliphatic rings. The molecule has 0 bridgehead atoms. The fourth-order valence-corrected chi connectivity index (χ4v) is 4.70. The van der Waals surface area contributed by atoms with Gasteiger partial charge in [0, 0.05) is 6.42 Å². The van der Waals surface area contributed by atoms with Gasteiger partial charge in [-0.1, -0.05) is 72.8 Å². The highest BCUT2D eigenvalue weighted by Gasteiger charge is 2.46. The average Bonchev–Trinajstić information content (AvgIpc) is 3.45. The number of thiocarbonyl (C=S) groups is 1. The second-order valence-corrected chi connectivity index (χ2v) is 9.19. The molecule has 3 unspecified atom stereocenters. The van der Waals surface area contributed by atoms with Crippen molar-refractivity contribution >= 4 is 29.4 Å². The van der Waals surface area contributed by atoms with E-state index >= 15 is 0 Å². The van der Waals surface area contributed by atoms with E-state index in [1.54, 1.807) is 0 Å². The number of hydrogen-bond acceptors (Lipinski definition) is 6. The maximum Gasteiger partial charge on any atom is 0.417 e. The third-order valence-electron chi connectivity index (χ3n) is 6.29. The van der Waals surface area contributed by atoms with Gasteiger partial charge in [-0.2, -0.15) is 0 Å². The number of nitrogens with one attached hydrogen (secondary N) is 1. The molecule has 5 rings (SSSR count). The normalized spacial score (nSPS) is 21.0. The van der Waals surface area contributed by atoms with Crippen LogP contribution in [0.25, 0.3) is 0 Å². The summed E-state index contributed by atoms with van der Waals surface area (Å²) in [6.07, 6.45) is -0.230. The summed E-state index contributed by atoms with van der Waals surface area (Å²) in [5, 5.41) is 3.09. The highest BCUT2D eigenvalue weighted by molar-refractivity contribution is 7.80. The molecular formula is C28H26N2O5S. The summed E-state index contributed by atoms with van der Waals surface area (Å²) in [4.78, 5) is 27.2. The van der Waals surface area contributed by atoms with Gasteiger partial charge in [-0.25, -0.2) is 9.69 Å². The molecule has 36 heavy (non-hydrogen) atoms. The molecule has 0 saturated carbocycles. The van der Waals surface area contributed by atoms with E-state index in [1.807, 2.05) is 84.9 Å². The van der Waals surface area contributed by atoms with Gasteiger partial charge in [-0.15, -0.1) is 0 Å². The minimum atomic E-state index is -0.782. The van der Waals surface area contributed by atoms with Crippen molar-refractivity contribution in [2.45, 2.75) is 37.6 Å². The molecule has 8 heteroatoms. The van der Waals surface area contributed by atoms with Gasteiger partial charge in [-0.3, -0.25) is 4.79 Å². The lowest BCUT2D eigenvalue weighted by Crippen LogP contribution is -2.52. The average molecular weight is 503 g/mol. The maximum absolute atomic E-state index is 13.5. The zero-order valence-corrected chi connectivity index (χ0v) is 20.4. The third kappa shape index (κ3) is 5.49. The van der Waals surface area contributed by atoms with Crippen molar-refractivity contribution in [1.29, 1.82) is 0 Å². The zero-order valence-electron chi connectivity index (χ0n) is 19.5. The van der Waals surface area contributed by atoms with Crippen molar-refractivity contribution in [3.63, 3.8) is 0 Å². The van der Waals surface area contributed by atoms with E-state index in [2.05, 4.69) is 5.32 Å². The predicted octanol–water partition coefficient (Wildman–Crippen LogP) is 4.04. The quantitative estimate of drug-likeness (QED) is 0.466. The van der Waals surface area contributed by atoms with Gasteiger partial charge >= 0.3 is 6.09 Å². The summed E-state index contributed by atoms with van der Waals surface area (Å²) in [5.41, 5.74) is 3.07. The molecule has 0 aromatic heterocycles. The first-order chi connectivity index (χ1) is 17.6. The van der Waals surface area contributed by atoms with Gasteiger partial charge in [0.15, 0.2) is 0 Å². The van der Waals surface area contributed by atoms with Crippen LogP contribution in [0.4, 0.5) is 4.79 Å². The lowest BCUT2D eigenvalue weighted by atomic mass is 10.00. The molecule has 3 aromatic rings. The fourth-order valence-electron chi connectivity index (χ4n) is 4.45. The SMILES string of the molecule is O=C1OCC(Cc2ccccc2)N1C(=O)C1NC(=S)OC1Cc1ccc(OCc2ccccc2)cc1. The Morgan fingerprint density at radius 3 is 2.25 bits per heavy atom. The molecule has 2 saturated heterocycles. The number of imide groups is 1. The maximum atomic E-state index is 13.5. The molecule has 3 aromatic carbocycles. The fraction of sp³-hybridized carbons (Fsp3) is 0.250. The first-order valence-corrected chi connectivity index (χ1v) is 12.2. The molecule has 2 amide bonds. The molecule has 0 aliphatic carbocycles. The van der Waals surface area contributed by atoms with Crippen molar-refractivity contribution in [1.82, 2.24) is 10.2 Å². The molecule has 184 valence electrons. The Morgan fingerprint density at radius 1 is 0.917 bits per heavy atom. The first-order valence-electron chi connectivity index (χ1n) is 11.8. The number of carbonyl (C=O) groups is 2. The topological polar surface area (TPSA) is 77.1 Å². The summed E-state index contributed by atoms with van der Waals surface area (Å²) < 4.78 is 16.9. The lowest BCUT2D eigenvalue weighted by Gasteiger charge is -2.24. The van der Waals surface area contributed by atoms with Crippen LogP contribution in [0.1, 0.15) is 16.7 Å². The van der Waals surface area contributed by atoms with E-state index < -0.39 is 24.1 Å². The first kappa shape index (κ1) is 23.8. The Bertz CT molecular complexity index is 1220. The largest absolute Gasteiger partial charge is 0.489 e. The zero-order chi connectivity index (χ0) is 24.9. The van der Waals surface area contributed by atoms with Crippen LogP contribution in [0, 0.1) is 0 Å². The van der Waals surface area contributed by atoms with Crippen LogP contribution in [0.5, 0.6) is 5.75 Å². The monoisotopic (exact) mass is 502 g/mol. The Hall–Kier alpha value is -3.91. The molecule has 1 N–H and O–H groups in total. The van der Waals surface area contributed by atoms with E-state index in [0.29, 0.717) is 19.4 Å². The summed E-state index contributed by atoms with van der Waals surface area (Å²) >= 11 is 5.21. The van der Waals surface area contributed by atoms with Crippen molar-refractivity contribution in [3.05, 3.63) is 102 Å². The van der Waals surface area contributed by atoms with E-state index in [-0.39, 0.29) is 17.8 Å². The molecule has 0 spiro atoms. The minimum absolute atomic E-state index is 0.147. The van der Waals surface area contributed by atoms with Crippen LogP contribution in [-0.4, -0.2) is 46.9 Å². The van der Waals surface area contributed by atoms with E-state index in [1.165, 1.54) is 4.90 Å². The number of benzene rings is 3. The van der Waals surface area contributed by atoms with Crippen molar-refractivity contribution in [3.8, 4) is 5.75 Å². The summed E-state index contributed by atoms with van der Waals surface area (Å²) in [6.45, 7) is 0.642. The number of carbonyl (C=O) groups excluding carboxylic acids is 2. The van der Waals surface area contributed by atoms with Gasteiger partial charge in [0.05, 0.1) is 6.04 Å². The summed E-state index contributed by atoms with van der Waals surface area (Å²) in [6, 6.07) is 26.2. The Morgan fingerprint density at radius 2 is 1.56 bits per heavy atom. The Balaban J connectivity index is 1.24. The van der Waals surface area contributed by atoms with Crippen LogP contribution >= 0.6 is 12.2 Å². The van der Waals surface area contributed by atoms with Crippen LogP contribution < -0.4 is 10.1 Å². The van der Waals surface area contributed by atoms with Gasteiger partial charge in [0.1, 0.15) is 31.1 Å². The molecule has 2 fully saturated rings. The van der Waals surface area contributed by atoms with Crippen LogP contribution in [0.2, 0.25) is 0 Å². The van der Waals surface area contributed by atoms with Crippen molar-refractivity contribution < 1.29 is 23.8 Å². The number of rotatable bonds is 8. The van der Waals surface area contributed by atoms with Crippen LogP contribution in [0.3, 0.4) is 0 Å². The summed E-state index contributed by atoms with van der Waals surface area (Å²) in [7, 11) is 0. The number of cyclic esters (lactones) is 1. The molecule has 7 nitrogen and oxygen atoms in total. The van der Waals surface area contributed by atoms with Gasteiger partial charge in [0.2, 0.25) is 0 Å². The minimum Gasteiger partial charge on any atom is -0.489 e. The van der Waals surface area contributed by atoms with Crippen molar-refractivity contribution in [2.75, 3.05) is 6.61 Å². The second-order valence-electron chi connectivity index (χ2n) is 8.82. The Kier molecular flexibility index (Phi) is 7.13. The predicted molar refractivity (Wildman–Crippen MR) is 137 cm³/mol. The molecule has 2 aliphatic heterocycles. The third-order valence-corrected chi connectivity index (χ3v) is 6.50. The highest BCUT2D eigenvalue weighted by Crippen LogP contribution is 2.24. The van der Waals surface area contributed by atoms with E-state index in [4.69, 9.17) is 26.4 Å². The van der Waals surface area contributed by atoms with E-state index in [0.717, 1.165) is 22.4 Å². The standard InChI is InChI=1S/C28H26N2O5S/c31-26(30-22(18-34-28(30)32)15-19-7-3-1-4-8-19)25-24(35-27(36)29-25)16-20-11-13-23(14-12-20)33-17-21-9-5-2-6-10-21/h1-14,22,24-25H,15-18H2,(H,29,36). The Labute approximate surface area is 215 Å². The molecule has 3 atom stereocenters. The summed E-state index contributed by atoms with van der Waals surface area (Å²) in [5.74, 6) is 0.353. The lowest BCUT2D eigenvalue weighted by molar-refractivity contribution is -0.132. The second kappa shape index (κ2) is 10.8.